The Bertz CT molecular complexity index is 2330. The molecule has 1 aliphatic rings. The molecule has 0 unspecified atom stereocenters. The predicted molar refractivity (Wildman–Crippen MR) is 194 cm³/mol. The molecule has 7 rings (SSSR count). The number of amides is 3. The van der Waals surface area contributed by atoms with E-state index in [1.54, 1.807) is 33.6 Å². The molecule has 4 N–H and O–H groups in total. The first-order valence-electron chi connectivity index (χ1n) is 17.5. The molecule has 0 aliphatic carbocycles. The van der Waals surface area contributed by atoms with Crippen molar-refractivity contribution in [1.29, 1.82) is 0 Å². The number of benzene rings is 2. The Morgan fingerprint density at radius 3 is 1.83 bits per heavy atom. The van der Waals surface area contributed by atoms with Crippen molar-refractivity contribution < 1.29 is 23.9 Å². The minimum absolute atomic E-state index is 0.240. The Balaban J connectivity index is 1.25. The first-order valence-corrected chi connectivity index (χ1v) is 17.5. The van der Waals surface area contributed by atoms with E-state index in [1.165, 1.54) is 0 Å². The molecule has 0 bridgehead atoms. The Hall–Kier alpha value is -6.19. The molecule has 16 nitrogen and oxygen atoms in total. The molecule has 16 heteroatoms. The summed E-state index contributed by atoms with van der Waals surface area (Å²) in [5.41, 5.74) is 10.8. The summed E-state index contributed by atoms with van der Waals surface area (Å²) in [6, 6.07) is 12.4. The molecular weight excluding hydrogens is 666 g/mol. The molecule has 2 aromatic carbocycles. The van der Waals surface area contributed by atoms with Gasteiger partial charge in [-0.15, -0.1) is 0 Å². The van der Waals surface area contributed by atoms with Gasteiger partial charge in [-0.3, -0.25) is 34.4 Å². The lowest BCUT2D eigenvalue weighted by Gasteiger charge is -2.14. The van der Waals surface area contributed by atoms with Gasteiger partial charge in [-0.05, 0) is 76.9 Å². The van der Waals surface area contributed by atoms with Crippen LogP contribution >= 0.6 is 0 Å². The maximum atomic E-state index is 13.6. The summed E-state index contributed by atoms with van der Waals surface area (Å²) in [7, 11) is 0. The summed E-state index contributed by atoms with van der Waals surface area (Å²) >= 11 is 0. The van der Waals surface area contributed by atoms with E-state index in [0.717, 1.165) is 16.9 Å². The number of nitrogens with two attached hydrogens (primary N) is 1. The van der Waals surface area contributed by atoms with Crippen molar-refractivity contribution >= 4 is 51.7 Å². The molecule has 1 aliphatic heterocycles. The highest BCUT2D eigenvalue weighted by Crippen LogP contribution is 2.33. The van der Waals surface area contributed by atoms with Gasteiger partial charge < -0.3 is 24.3 Å². The van der Waals surface area contributed by atoms with Crippen LogP contribution in [0, 0.1) is 13.8 Å². The quantitative estimate of drug-likeness (QED) is 0.211. The number of aromatic nitrogens is 8. The third-order valence-corrected chi connectivity index (χ3v) is 8.96. The van der Waals surface area contributed by atoms with Crippen LogP contribution < -0.4 is 25.8 Å². The molecule has 52 heavy (non-hydrogen) atoms. The predicted octanol–water partition coefficient (Wildman–Crippen LogP) is 4.68. The number of para-hydroxylation sites is 1. The molecule has 0 radical (unpaired) electrons. The summed E-state index contributed by atoms with van der Waals surface area (Å²) in [6.07, 6.45) is 1.79. The first-order chi connectivity index (χ1) is 25.1. The van der Waals surface area contributed by atoms with E-state index in [-0.39, 0.29) is 24.0 Å². The number of rotatable bonds is 7. The lowest BCUT2D eigenvalue weighted by atomic mass is 10.1. The van der Waals surface area contributed by atoms with Crippen LogP contribution in [0.15, 0.2) is 42.5 Å². The molecule has 4 aromatic heterocycles. The lowest BCUT2D eigenvalue weighted by molar-refractivity contribution is 0.0994. The van der Waals surface area contributed by atoms with Gasteiger partial charge in [0.25, 0.3) is 11.8 Å². The molecule has 5 heterocycles. The smallest absolute Gasteiger partial charge is 0.276 e. The van der Waals surface area contributed by atoms with Crippen molar-refractivity contribution in [3.05, 3.63) is 70.8 Å². The minimum Gasteiger partial charge on any atom is -0.491 e. The second-order valence-electron chi connectivity index (χ2n) is 12.6. The van der Waals surface area contributed by atoms with Crippen LogP contribution in [0.5, 0.6) is 11.5 Å². The Labute approximate surface area is 298 Å². The van der Waals surface area contributed by atoms with Crippen molar-refractivity contribution in [3.8, 4) is 11.5 Å². The number of carbonyl (C=O) groups is 3. The van der Waals surface area contributed by atoms with Crippen molar-refractivity contribution in [2.24, 2.45) is 5.73 Å². The molecular formula is C36H41N11O5. The average Bonchev–Trinajstić information content (AvgIpc) is 3.88. The molecule has 0 fully saturated rings. The number of anilines is 2. The van der Waals surface area contributed by atoms with E-state index in [2.05, 4.69) is 20.8 Å². The van der Waals surface area contributed by atoms with Gasteiger partial charge >= 0.3 is 0 Å². The Morgan fingerprint density at radius 2 is 1.27 bits per heavy atom. The second kappa shape index (κ2) is 14.2. The van der Waals surface area contributed by atoms with Gasteiger partial charge in [0.15, 0.2) is 0 Å². The van der Waals surface area contributed by atoms with E-state index in [9.17, 15) is 14.4 Å². The summed E-state index contributed by atoms with van der Waals surface area (Å²) in [6.45, 7) is 10.1. The van der Waals surface area contributed by atoms with E-state index >= 15 is 0 Å². The SMILES string of the molecule is CCn1nc(C)cc1C(=O)Nc1nc2cccc3c2n1CCCCn1c(NC(=O)c2cc(C)nn2CC)nc2cc(C(N)=O)cc(c21)OCCCO3. The third kappa shape index (κ3) is 6.54. The topological polar surface area (TPSA) is 191 Å². The fraction of sp³-hybridized carbons (Fsp3) is 0.361. The molecule has 0 spiro atoms. The van der Waals surface area contributed by atoms with Gasteiger partial charge in [0.2, 0.25) is 17.8 Å². The summed E-state index contributed by atoms with van der Waals surface area (Å²) < 4.78 is 19.7. The number of nitrogens with zero attached hydrogens (tertiary/aromatic N) is 8. The van der Waals surface area contributed by atoms with Crippen LogP contribution in [0.4, 0.5) is 11.9 Å². The van der Waals surface area contributed by atoms with Crippen molar-refractivity contribution in [2.45, 2.75) is 73.1 Å². The fourth-order valence-corrected chi connectivity index (χ4v) is 6.61. The third-order valence-electron chi connectivity index (χ3n) is 8.96. The molecule has 6 aromatic rings. The number of primary amides is 1. The van der Waals surface area contributed by atoms with E-state index in [1.807, 2.05) is 55.0 Å². The largest absolute Gasteiger partial charge is 0.491 e. The van der Waals surface area contributed by atoms with Crippen LogP contribution in [0.2, 0.25) is 0 Å². The number of ether oxygens (including phenoxy) is 2. The van der Waals surface area contributed by atoms with Crippen molar-refractivity contribution in [2.75, 3.05) is 23.8 Å². The highest BCUT2D eigenvalue weighted by Gasteiger charge is 2.24. The molecule has 270 valence electrons. The number of aryl methyl sites for hydroxylation is 6. The van der Waals surface area contributed by atoms with Gasteiger partial charge in [0, 0.05) is 38.2 Å². The molecule has 0 atom stereocenters. The zero-order valence-electron chi connectivity index (χ0n) is 29.6. The van der Waals surface area contributed by atoms with Crippen LogP contribution in [0.1, 0.15) is 75.8 Å². The van der Waals surface area contributed by atoms with Crippen molar-refractivity contribution in [1.82, 2.24) is 38.7 Å². The summed E-state index contributed by atoms with van der Waals surface area (Å²) in [5.74, 6) is 0.461. The standard InChI is InChI=1S/C36H41N11O5/c1-5-46-26(17-21(3)42-46)33(49)40-35-38-24-11-9-12-28-30(24)44(35)13-7-8-14-45-31-25(19-23(32(37)48)20-29(31)52-16-10-15-51-28)39-36(45)41-34(50)27-18-22(4)43-47(27)6-2/h9,11-12,17-20H,5-8,10,13-16H2,1-4H3,(H2,37,48)(H,38,40,49)(H,39,41,50). The fourth-order valence-electron chi connectivity index (χ4n) is 6.61. The molecule has 0 saturated carbocycles. The Morgan fingerprint density at radius 1 is 0.731 bits per heavy atom. The Kier molecular flexibility index (Phi) is 9.36. The second-order valence-corrected chi connectivity index (χ2v) is 12.6. The number of nitrogens with one attached hydrogen (secondary N) is 2. The van der Waals surface area contributed by atoms with Crippen LogP contribution in [-0.4, -0.2) is 69.6 Å². The van der Waals surface area contributed by atoms with E-state index < -0.39 is 5.91 Å². The zero-order chi connectivity index (χ0) is 36.5. The van der Waals surface area contributed by atoms with E-state index in [0.29, 0.717) is 103 Å². The first kappa shape index (κ1) is 34.3. The number of imidazole rings is 2. The van der Waals surface area contributed by atoms with Crippen LogP contribution in [0.3, 0.4) is 0 Å². The maximum absolute atomic E-state index is 13.6. The van der Waals surface area contributed by atoms with Gasteiger partial charge in [-0.2, -0.15) is 10.2 Å². The molecule has 3 amide bonds. The monoisotopic (exact) mass is 707 g/mol. The zero-order valence-corrected chi connectivity index (χ0v) is 29.6. The van der Waals surface area contributed by atoms with Gasteiger partial charge in [-0.25, -0.2) is 9.97 Å². The van der Waals surface area contributed by atoms with E-state index in [4.69, 9.17) is 25.2 Å². The summed E-state index contributed by atoms with van der Waals surface area (Å²) in [5, 5.41) is 14.9. The number of hydrogen-bond acceptors (Lipinski definition) is 9. The lowest BCUT2D eigenvalue weighted by Crippen LogP contribution is -2.20. The number of hydrogen-bond donors (Lipinski definition) is 3. The average molecular weight is 708 g/mol. The van der Waals surface area contributed by atoms with Crippen molar-refractivity contribution in [3.63, 3.8) is 0 Å². The number of carbonyl (C=O) groups excluding carboxylic acids is 3. The van der Waals surface area contributed by atoms with Crippen LogP contribution in [0.25, 0.3) is 22.1 Å². The maximum Gasteiger partial charge on any atom is 0.276 e. The highest BCUT2D eigenvalue weighted by molar-refractivity contribution is 6.05. The summed E-state index contributed by atoms with van der Waals surface area (Å²) in [4.78, 5) is 49.0. The van der Waals surface area contributed by atoms with Gasteiger partial charge in [-0.1, -0.05) is 6.07 Å². The highest BCUT2D eigenvalue weighted by atomic mass is 16.5. The van der Waals surface area contributed by atoms with Gasteiger partial charge in [0.05, 0.1) is 35.6 Å². The van der Waals surface area contributed by atoms with Gasteiger partial charge in [0.1, 0.15) is 33.9 Å². The normalized spacial score (nSPS) is 13.6. The minimum atomic E-state index is -0.621. The molecule has 0 saturated heterocycles. The van der Waals surface area contributed by atoms with Crippen LogP contribution in [-0.2, 0) is 26.2 Å².